The molecular weight excluding hydrogens is 220 g/mol. The van der Waals surface area contributed by atoms with Crippen LogP contribution in [0.3, 0.4) is 0 Å². The number of pyridine rings is 1. The van der Waals surface area contributed by atoms with Gasteiger partial charge in [-0.05, 0) is 23.9 Å². The largest absolute Gasteiger partial charge is 0.379 e. The molecule has 1 aliphatic heterocycles. The summed E-state index contributed by atoms with van der Waals surface area (Å²) in [5.41, 5.74) is 2.36. The van der Waals surface area contributed by atoms with Gasteiger partial charge in [0.05, 0.1) is 28.6 Å². The number of rotatable bonds is 2. The zero-order valence-electron chi connectivity index (χ0n) is 9.22. The van der Waals surface area contributed by atoms with Gasteiger partial charge in [0.25, 0.3) is 0 Å². The van der Waals surface area contributed by atoms with Crippen molar-refractivity contribution in [2.75, 3.05) is 25.2 Å². The summed E-state index contributed by atoms with van der Waals surface area (Å²) in [6, 6.07) is 4.67. The normalized spacial score (nSPS) is 20.4. The first kappa shape index (κ1) is 10.1. The first-order chi connectivity index (χ1) is 7.86. The van der Waals surface area contributed by atoms with Crippen LogP contribution in [0.25, 0.3) is 10.2 Å². The van der Waals surface area contributed by atoms with E-state index in [9.17, 15) is 0 Å². The van der Waals surface area contributed by atoms with Gasteiger partial charge in [0.2, 0.25) is 0 Å². The van der Waals surface area contributed by atoms with E-state index in [1.54, 1.807) is 11.3 Å². The third kappa shape index (κ3) is 1.58. The van der Waals surface area contributed by atoms with E-state index in [0.29, 0.717) is 6.04 Å². The molecule has 3 heterocycles. The zero-order valence-corrected chi connectivity index (χ0v) is 10.0. The van der Waals surface area contributed by atoms with Crippen molar-refractivity contribution in [1.29, 1.82) is 0 Å². The molecule has 1 aliphatic rings. The van der Waals surface area contributed by atoms with Gasteiger partial charge in [-0.3, -0.25) is 4.98 Å². The average molecular weight is 234 g/mol. The van der Waals surface area contributed by atoms with E-state index in [1.807, 2.05) is 6.20 Å². The maximum Gasteiger partial charge on any atom is 0.0830 e. The fourth-order valence-corrected chi connectivity index (χ4v) is 3.07. The summed E-state index contributed by atoms with van der Waals surface area (Å²) in [6.07, 6.45) is 3.00. The number of thiophene rings is 1. The van der Waals surface area contributed by atoms with Crippen molar-refractivity contribution >= 4 is 27.2 Å². The number of anilines is 1. The summed E-state index contributed by atoms with van der Waals surface area (Å²) in [5, 5.41) is 2.10. The lowest BCUT2D eigenvalue weighted by molar-refractivity contribution is 0.193. The van der Waals surface area contributed by atoms with Crippen molar-refractivity contribution in [2.45, 2.75) is 12.5 Å². The Hall–Kier alpha value is -1.13. The molecule has 1 atom stereocenters. The number of hydrogen-bond donors (Lipinski definition) is 0. The molecule has 3 nitrogen and oxygen atoms in total. The quantitative estimate of drug-likeness (QED) is 0.798. The van der Waals surface area contributed by atoms with Gasteiger partial charge >= 0.3 is 0 Å². The first-order valence-corrected chi connectivity index (χ1v) is 6.37. The van der Waals surface area contributed by atoms with Gasteiger partial charge in [0.15, 0.2) is 0 Å². The lowest BCUT2D eigenvalue weighted by Gasteiger charge is -2.25. The van der Waals surface area contributed by atoms with Crippen LogP contribution in [-0.4, -0.2) is 31.3 Å². The number of ether oxygens (including phenoxy) is 1. The maximum atomic E-state index is 5.44. The van der Waals surface area contributed by atoms with Crippen molar-refractivity contribution in [3.63, 3.8) is 0 Å². The van der Waals surface area contributed by atoms with E-state index in [2.05, 4.69) is 34.4 Å². The fraction of sp³-hybridized carbons (Fsp3) is 0.417. The Morgan fingerprint density at radius 3 is 3.25 bits per heavy atom. The highest BCUT2D eigenvalue weighted by atomic mass is 32.1. The lowest BCUT2D eigenvalue weighted by Crippen LogP contribution is -2.31. The highest BCUT2D eigenvalue weighted by Crippen LogP contribution is 2.31. The van der Waals surface area contributed by atoms with Crippen LogP contribution in [0.4, 0.5) is 5.69 Å². The van der Waals surface area contributed by atoms with Crippen molar-refractivity contribution in [1.82, 2.24) is 4.98 Å². The second-order valence-corrected chi connectivity index (χ2v) is 5.01. The molecule has 84 valence electrons. The molecule has 1 saturated heterocycles. The third-order valence-corrected chi connectivity index (χ3v) is 4.08. The zero-order chi connectivity index (χ0) is 11.0. The van der Waals surface area contributed by atoms with Crippen molar-refractivity contribution in [3.05, 3.63) is 23.7 Å². The molecule has 0 N–H and O–H groups in total. The van der Waals surface area contributed by atoms with Crippen LogP contribution in [0.15, 0.2) is 23.7 Å². The summed E-state index contributed by atoms with van der Waals surface area (Å²) in [5.74, 6) is 0. The van der Waals surface area contributed by atoms with Crippen LogP contribution in [0.2, 0.25) is 0 Å². The van der Waals surface area contributed by atoms with Crippen LogP contribution in [0.5, 0.6) is 0 Å². The van der Waals surface area contributed by atoms with Crippen LogP contribution in [0.1, 0.15) is 6.42 Å². The minimum Gasteiger partial charge on any atom is -0.379 e. The van der Waals surface area contributed by atoms with Crippen LogP contribution in [0, 0.1) is 0 Å². The third-order valence-electron chi connectivity index (χ3n) is 3.16. The monoisotopic (exact) mass is 234 g/mol. The van der Waals surface area contributed by atoms with Crippen molar-refractivity contribution in [2.24, 2.45) is 0 Å². The Bertz CT molecular complexity index is 490. The molecule has 1 fully saturated rings. The Morgan fingerprint density at radius 2 is 2.44 bits per heavy atom. The summed E-state index contributed by atoms with van der Waals surface area (Å²) >= 11 is 1.76. The topological polar surface area (TPSA) is 25.4 Å². The molecule has 0 spiro atoms. The van der Waals surface area contributed by atoms with E-state index in [-0.39, 0.29) is 0 Å². The van der Waals surface area contributed by atoms with Gasteiger partial charge in [-0.2, -0.15) is 0 Å². The van der Waals surface area contributed by atoms with Gasteiger partial charge in [-0.15, -0.1) is 11.3 Å². The standard InChI is InChI=1S/C12H14N2OS/c1-14(9-3-6-15-8-9)11-2-5-13-10-4-7-16-12(10)11/h2,4-5,7,9H,3,6,8H2,1H3. The molecule has 0 saturated carbocycles. The SMILES string of the molecule is CN(c1ccnc2ccsc12)C1CCOC1. The fourth-order valence-electron chi connectivity index (χ4n) is 2.16. The number of likely N-dealkylation sites (N-methyl/N-ethyl adjacent to an activating group) is 1. The van der Waals surface area contributed by atoms with E-state index >= 15 is 0 Å². The number of aromatic nitrogens is 1. The first-order valence-electron chi connectivity index (χ1n) is 5.49. The molecule has 0 aliphatic carbocycles. The van der Waals surface area contributed by atoms with Crippen LogP contribution < -0.4 is 4.90 Å². The van der Waals surface area contributed by atoms with Crippen molar-refractivity contribution in [3.8, 4) is 0 Å². The smallest absolute Gasteiger partial charge is 0.0830 e. The molecule has 1 unspecified atom stereocenters. The van der Waals surface area contributed by atoms with Gasteiger partial charge in [0, 0.05) is 19.9 Å². The van der Waals surface area contributed by atoms with Crippen LogP contribution >= 0.6 is 11.3 Å². The molecule has 0 bridgehead atoms. The lowest BCUT2D eigenvalue weighted by atomic mass is 10.2. The van der Waals surface area contributed by atoms with Crippen molar-refractivity contribution < 1.29 is 4.74 Å². The Labute approximate surface area is 98.7 Å². The van der Waals surface area contributed by atoms with Gasteiger partial charge in [-0.25, -0.2) is 0 Å². The Balaban J connectivity index is 2.00. The highest BCUT2D eigenvalue weighted by Gasteiger charge is 2.22. The van der Waals surface area contributed by atoms with Crippen LogP contribution in [-0.2, 0) is 4.74 Å². The predicted octanol–water partition coefficient (Wildman–Crippen LogP) is 2.52. The molecule has 3 rings (SSSR count). The molecule has 0 aromatic carbocycles. The minimum atomic E-state index is 0.507. The molecule has 4 heteroatoms. The van der Waals surface area contributed by atoms with E-state index < -0.39 is 0 Å². The molecular formula is C12H14N2OS. The van der Waals surface area contributed by atoms with E-state index in [0.717, 1.165) is 25.2 Å². The summed E-state index contributed by atoms with van der Waals surface area (Å²) in [4.78, 5) is 6.69. The molecule has 2 aromatic heterocycles. The number of hydrogen-bond acceptors (Lipinski definition) is 4. The summed E-state index contributed by atoms with van der Waals surface area (Å²) < 4.78 is 6.71. The number of fused-ring (bicyclic) bond motifs is 1. The second-order valence-electron chi connectivity index (χ2n) is 4.09. The maximum absolute atomic E-state index is 5.44. The molecule has 16 heavy (non-hydrogen) atoms. The molecule has 0 amide bonds. The van der Waals surface area contributed by atoms with E-state index in [1.165, 1.54) is 10.4 Å². The average Bonchev–Trinajstić information content (AvgIpc) is 2.98. The summed E-state index contributed by atoms with van der Waals surface area (Å²) in [6.45, 7) is 1.72. The molecule has 2 aromatic rings. The van der Waals surface area contributed by atoms with Gasteiger partial charge in [-0.1, -0.05) is 0 Å². The van der Waals surface area contributed by atoms with E-state index in [4.69, 9.17) is 4.74 Å². The molecule has 0 radical (unpaired) electrons. The summed E-state index contributed by atoms with van der Waals surface area (Å²) in [7, 11) is 2.15. The second kappa shape index (κ2) is 4.03. The van der Waals surface area contributed by atoms with Gasteiger partial charge < -0.3 is 9.64 Å². The van der Waals surface area contributed by atoms with Gasteiger partial charge in [0.1, 0.15) is 0 Å². The predicted molar refractivity (Wildman–Crippen MR) is 67.2 cm³/mol. The minimum absolute atomic E-state index is 0.507. The number of nitrogens with zero attached hydrogens (tertiary/aromatic N) is 2. The Morgan fingerprint density at radius 1 is 1.50 bits per heavy atom. The highest BCUT2D eigenvalue weighted by molar-refractivity contribution is 7.17. The Kier molecular flexibility index (Phi) is 2.53.